The fourth-order valence-corrected chi connectivity index (χ4v) is 1.91. The molecule has 0 aromatic heterocycles. The molecule has 0 spiro atoms. The Morgan fingerprint density at radius 3 is 2.47 bits per heavy atom. The summed E-state index contributed by atoms with van der Waals surface area (Å²) in [5, 5.41) is 0. The lowest BCUT2D eigenvalue weighted by molar-refractivity contribution is -0.113. The van der Waals surface area contributed by atoms with E-state index >= 15 is 0 Å². The van der Waals surface area contributed by atoms with Crippen molar-refractivity contribution in [3.8, 4) is 0 Å². The summed E-state index contributed by atoms with van der Waals surface area (Å²) in [5.41, 5.74) is 6.41. The van der Waals surface area contributed by atoms with E-state index in [1.165, 1.54) is 43.7 Å². The van der Waals surface area contributed by atoms with Crippen LogP contribution in [0.4, 0.5) is 0 Å². The maximum Gasteiger partial charge on any atom is 0.241 e. The second-order valence-corrected chi connectivity index (χ2v) is 4.63. The van der Waals surface area contributed by atoms with Gasteiger partial charge in [-0.2, -0.15) is 0 Å². The lowest BCUT2D eigenvalue weighted by Gasteiger charge is -2.00. The number of carbonyl (C=O) groups is 1. The van der Waals surface area contributed by atoms with Gasteiger partial charge in [-0.1, -0.05) is 61.4 Å². The number of primary amides is 1. The Hall–Kier alpha value is -1.83. The van der Waals surface area contributed by atoms with Crippen LogP contribution in [0, 0.1) is 0 Å². The predicted octanol–water partition coefficient (Wildman–Crippen LogP) is 3.78. The lowest BCUT2D eigenvalue weighted by atomic mass is 10.1. The van der Waals surface area contributed by atoms with Crippen LogP contribution in [0.5, 0.6) is 0 Å². The summed E-state index contributed by atoms with van der Waals surface area (Å²) in [5.74, 6) is -0.398. The number of rotatable bonds is 9. The van der Waals surface area contributed by atoms with Gasteiger partial charge in [0.2, 0.25) is 5.91 Å². The summed E-state index contributed by atoms with van der Waals surface area (Å²) in [6.07, 6.45) is 14.3. The highest BCUT2D eigenvalue weighted by molar-refractivity contribution is 5.85. The molecule has 0 unspecified atom stereocenters. The first-order chi connectivity index (χ1) is 9.29. The molecule has 0 aliphatic carbocycles. The van der Waals surface area contributed by atoms with Crippen molar-refractivity contribution in [3.63, 3.8) is 0 Å². The lowest BCUT2D eigenvalue weighted by Crippen LogP contribution is -2.04. The van der Waals surface area contributed by atoms with E-state index in [4.69, 9.17) is 5.73 Å². The predicted molar refractivity (Wildman–Crippen MR) is 80.7 cm³/mol. The molecule has 0 bridgehead atoms. The third-order valence-corrected chi connectivity index (χ3v) is 2.94. The van der Waals surface area contributed by atoms with Crippen LogP contribution in [-0.2, 0) is 11.2 Å². The Morgan fingerprint density at radius 2 is 1.74 bits per heavy atom. The quantitative estimate of drug-likeness (QED) is 0.408. The molecule has 2 heteroatoms. The Bertz CT molecular complexity index is 407. The molecule has 2 N–H and O–H groups in total. The van der Waals surface area contributed by atoms with Gasteiger partial charge >= 0.3 is 0 Å². The van der Waals surface area contributed by atoms with E-state index in [-0.39, 0.29) is 0 Å². The van der Waals surface area contributed by atoms with Crippen molar-refractivity contribution >= 4 is 5.91 Å². The van der Waals surface area contributed by atoms with Crippen molar-refractivity contribution < 1.29 is 4.79 Å². The van der Waals surface area contributed by atoms with Gasteiger partial charge in [0.1, 0.15) is 0 Å². The fraction of sp³-hybridized carbons (Fsp3) is 0.353. The first-order valence-corrected chi connectivity index (χ1v) is 6.95. The number of benzene rings is 1. The first-order valence-electron chi connectivity index (χ1n) is 6.95. The zero-order valence-electron chi connectivity index (χ0n) is 11.4. The van der Waals surface area contributed by atoms with Crippen LogP contribution in [0.3, 0.4) is 0 Å². The average Bonchev–Trinajstić information content (AvgIpc) is 2.42. The molecule has 0 fully saturated rings. The zero-order valence-corrected chi connectivity index (χ0v) is 11.4. The molecule has 1 rings (SSSR count). The monoisotopic (exact) mass is 257 g/mol. The van der Waals surface area contributed by atoms with E-state index in [0.717, 1.165) is 6.42 Å². The standard InChI is InChI=1S/C17H23NO/c18-17(19)15-11-6-4-2-1-3-5-8-12-16-13-9-7-10-14-16/h4,6-7,9-11,13-15H,1-3,5,8,12H2,(H2,18,19)/b6-4+,15-11+. The zero-order chi connectivity index (χ0) is 13.8. The molecule has 0 saturated heterocycles. The fourth-order valence-electron chi connectivity index (χ4n) is 1.91. The van der Waals surface area contributed by atoms with Gasteiger partial charge in [-0.05, 0) is 31.2 Å². The molecule has 1 amide bonds. The molecule has 0 heterocycles. The van der Waals surface area contributed by atoms with E-state index in [1.807, 2.05) is 6.08 Å². The minimum atomic E-state index is -0.398. The maximum atomic E-state index is 10.4. The SMILES string of the molecule is NC(=O)/C=C/C=C/CCCCCCc1ccccc1. The molecule has 0 radical (unpaired) electrons. The van der Waals surface area contributed by atoms with Gasteiger partial charge in [-0.15, -0.1) is 0 Å². The average molecular weight is 257 g/mol. The highest BCUT2D eigenvalue weighted by Crippen LogP contribution is 2.08. The number of unbranched alkanes of at least 4 members (excludes halogenated alkanes) is 4. The van der Waals surface area contributed by atoms with Crippen LogP contribution < -0.4 is 5.73 Å². The molecular formula is C17H23NO. The Balaban J connectivity index is 1.96. The molecule has 1 aromatic carbocycles. The van der Waals surface area contributed by atoms with Crippen LogP contribution in [0.1, 0.15) is 37.7 Å². The van der Waals surface area contributed by atoms with Crippen molar-refractivity contribution in [1.29, 1.82) is 0 Å². The van der Waals surface area contributed by atoms with Crippen LogP contribution >= 0.6 is 0 Å². The highest BCUT2D eigenvalue weighted by atomic mass is 16.1. The van der Waals surface area contributed by atoms with Crippen molar-refractivity contribution in [2.24, 2.45) is 5.73 Å². The third-order valence-electron chi connectivity index (χ3n) is 2.94. The Kier molecular flexibility index (Phi) is 8.12. The molecule has 19 heavy (non-hydrogen) atoms. The van der Waals surface area contributed by atoms with Crippen molar-refractivity contribution in [3.05, 3.63) is 60.2 Å². The summed E-state index contributed by atoms with van der Waals surface area (Å²) >= 11 is 0. The molecule has 102 valence electrons. The van der Waals surface area contributed by atoms with Crippen LogP contribution in [0.2, 0.25) is 0 Å². The van der Waals surface area contributed by atoms with Crippen molar-refractivity contribution in [2.45, 2.75) is 38.5 Å². The maximum absolute atomic E-state index is 10.4. The van der Waals surface area contributed by atoms with Gasteiger partial charge in [0.15, 0.2) is 0 Å². The molecule has 0 saturated carbocycles. The summed E-state index contributed by atoms with van der Waals surface area (Å²) in [6.45, 7) is 0. The normalized spacial score (nSPS) is 11.4. The van der Waals surface area contributed by atoms with Crippen molar-refractivity contribution in [1.82, 2.24) is 0 Å². The summed E-state index contributed by atoms with van der Waals surface area (Å²) in [6, 6.07) is 10.6. The molecule has 1 aromatic rings. The van der Waals surface area contributed by atoms with Crippen molar-refractivity contribution in [2.75, 3.05) is 0 Å². The molecule has 0 atom stereocenters. The Morgan fingerprint density at radius 1 is 1.00 bits per heavy atom. The smallest absolute Gasteiger partial charge is 0.241 e. The van der Waals surface area contributed by atoms with Gasteiger partial charge in [-0.25, -0.2) is 0 Å². The van der Waals surface area contributed by atoms with Crippen LogP contribution in [-0.4, -0.2) is 5.91 Å². The molecule has 2 nitrogen and oxygen atoms in total. The molecular weight excluding hydrogens is 234 g/mol. The van der Waals surface area contributed by atoms with Crippen LogP contribution in [0.15, 0.2) is 54.6 Å². The first kappa shape index (κ1) is 15.2. The van der Waals surface area contributed by atoms with Gasteiger partial charge in [0.25, 0.3) is 0 Å². The largest absolute Gasteiger partial charge is 0.366 e. The number of carbonyl (C=O) groups excluding carboxylic acids is 1. The third kappa shape index (κ3) is 8.83. The minimum Gasteiger partial charge on any atom is -0.366 e. The second-order valence-electron chi connectivity index (χ2n) is 4.63. The van der Waals surface area contributed by atoms with E-state index in [1.54, 1.807) is 6.08 Å². The number of allylic oxidation sites excluding steroid dienone is 3. The van der Waals surface area contributed by atoms with Gasteiger partial charge in [0.05, 0.1) is 0 Å². The molecule has 0 aliphatic rings. The second kappa shape index (κ2) is 10.1. The van der Waals surface area contributed by atoms with E-state index < -0.39 is 5.91 Å². The number of aryl methyl sites for hydroxylation is 1. The van der Waals surface area contributed by atoms with E-state index in [0.29, 0.717) is 0 Å². The summed E-state index contributed by atoms with van der Waals surface area (Å²) in [4.78, 5) is 10.4. The summed E-state index contributed by atoms with van der Waals surface area (Å²) < 4.78 is 0. The van der Waals surface area contributed by atoms with Gasteiger partial charge < -0.3 is 5.73 Å². The summed E-state index contributed by atoms with van der Waals surface area (Å²) in [7, 11) is 0. The van der Waals surface area contributed by atoms with Crippen LogP contribution in [0.25, 0.3) is 0 Å². The Labute approximate surface area is 116 Å². The van der Waals surface area contributed by atoms with Gasteiger partial charge in [0, 0.05) is 6.08 Å². The number of amides is 1. The van der Waals surface area contributed by atoms with E-state index in [2.05, 4.69) is 36.4 Å². The van der Waals surface area contributed by atoms with E-state index in [9.17, 15) is 4.79 Å². The number of hydrogen-bond acceptors (Lipinski definition) is 1. The number of nitrogens with two attached hydrogens (primary N) is 1. The number of hydrogen-bond donors (Lipinski definition) is 1. The minimum absolute atomic E-state index is 0.398. The van der Waals surface area contributed by atoms with Gasteiger partial charge in [-0.3, -0.25) is 4.79 Å². The topological polar surface area (TPSA) is 43.1 Å². The molecule has 0 aliphatic heterocycles. The highest BCUT2D eigenvalue weighted by Gasteiger charge is 1.92.